The van der Waals surface area contributed by atoms with E-state index in [0.717, 1.165) is 29.7 Å². The van der Waals surface area contributed by atoms with E-state index in [-0.39, 0.29) is 23.6 Å². The molecule has 3 amide bonds. The summed E-state index contributed by atoms with van der Waals surface area (Å²) in [4.78, 5) is 39.2. The molecule has 0 aliphatic carbocycles. The molecule has 1 aliphatic rings. The molecule has 2 aromatic carbocycles. The normalized spacial score (nSPS) is 13.2. The minimum absolute atomic E-state index is 0.265. The molecular weight excluding hydrogens is 352 g/mol. The molecule has 0 aromatic heterocycles. The molecule has 0 atom stereocenters. The Bertz CT molecular complexity index is 947. The molecule has 0 unspecified atom stereocenters. The minimum atomic E-state index is -0.318. The van der Waals surface area contributed by atoms with Crippen molar-refractivity contribution in [2.75, 3.05) is 11.9 Å². The van der Waals surface area contributed by atoms with Gasteiger partial charge in [-0.15, -0.1) is 0 Å². The van der Waals surface area contributed by atoms with Crippen LogP contribution in [0, 0.1) is 6.92 Å². The first-order chi connectivity index (χ1) is 13.3. The van der Waals surface area contributed by atoms with Crippen LogP contribution in [-0.4, -0.2) is 29.2 Å². The van der Waals surface area contributed by atoms with Crippen molar-refractivity contribution in [2.24, 2.45) is 0 Å². The quantitative estimate of drug-likeness (QED) is 0.737. The Kier molecular flexibility index (Phi) is 5.63. The van der Waals surface area contributed by atoms with E-state index in [9.17, 15) is 14.4 Å². The zero-order valence-electron chi connectivity index (χ0n) is 16.8. The number of unbranched alkanes of at least 4 members (excludes halogenated alkanes) is 1. The molecule has 1 heterocycles. The zero-order chi connectivity index (χ0) is 20.4. The number of para-hydroxylation sites is 1. The van der Waals surface area contributed by atoms with E-state index >= 15 is 0 Å². The van der Waals surface area contributed by atoms with Crippen molar-refractivity contribution in [1.82, 2.24) is 4.90 Å². The number of carbonyl (C=O) groups is 3. The summed E-state index contributed by atoms with van der Waals surface area (Å²) < 4.78 is 0. The number of rotatable bonds is 6. The van der Waals surface area contributed by atoms with E-state index in [1.54, 1.807) is 12.1 Å². The van der Waals surface area contributed by atoms with E-state index < -0.39 is 0 Å². The Morgan fingerprint density at radius 3 is 2.46 bits per heavy atom. The summed E-state index contributed by atoms with van der Waals surface area (Å²) in [6, 6.07) is 10.7. The molecule has 0 fully saturated rings. The predicted octanol–water partition coefficient (Wildman–Crippen LogP) is 4.77. The SMILES string of the molecule is CCCCN1C(=O)c2ccc(C(=O)Nc3c(C)cccc3C(C)C)cc2C1=O. The van der Waals surface area contributed by atoms with Gasteiger partial charge in [-0.25, -0.2) is 0 Å². The van der Waals surface area contributed by atoms with Crippen molar-refractivity contribution in [3.8, 4) is 0 Å². The van der Waals surface area contributed by atoms with Crippen LogP contribution in [0.3, 0.4) is 0 Å². The smallest absolute Gasteiger partial charge is 0.261 e. The summed E-state index contributed by atoms with van der Waals surface area (Å²) in [5.74, 6) is -0.615. The number of hydrogen-bond acceptors (Lipinski definition) is 3. The largest absolute Gasteiger partial charge is 0.321 e. The van der Waals surface area contributed by atoms with Gasteiger partial charge < -0.3 is 5.32 Å². The van der Waals surface area contributed by atoms with Gasteiger partial charge in [-0.2, -0.15) is 0 Å². The molecule has 1 aliphatic heterocycles. The van der Waals surface area contributed by atoms with E-state index in [0.29, 0.717) is 23.2 Å². The first-order valence-electron chi connectivity index (χ1n) is 9.76. The average Bonchev–Trinajstić information content (AvgIpc) is 2.91. The van der Waals surface area contributed by atoms with E-state index in [1.807, 2.05) is 32.0 Å². The fourth-order valence-electron chi connectivity index (χ4n) is 3.48. The fraction of sp³-hybridized carbons (Fsp3) is 0.348. The third-order valence-electron chi connectivity index (χ3n) is 5.13. The van der Waals surface area contributed by atoms with Crippen LogP contribution in [-0.2, 0) is 0 Å². The van der Waals surface area contributed by atoms with Crippen molar-refractivity contribution in [1.29, 1.82) is 0 Å². The summed E-state index contributed by atoms with van der Waals surface area (Å²) in [6.07, 6.45) is 1.67. The molecule has 5 nitrogen and oxygen atoms in total. The summed E-state index contributed by atoms with van der Waals surface area (Å²) in [5, 5.41) is 2.99. The number of anilines is 1. The Hall–Kier alpha value is -2.95. The van der Waals surface area contributed by atoms with Crippen LogP contribution in [0.2, 0.25) is 0 Å². The van der Waals surface area contributed by atoms with Gasteiger partial charge in [0.2, 0.25) is 0 Å². The van der Waals surface area contributed by atoms with Gasteiger partial charge >= 0.3 is 0 Å². The van der Waals surface area contributed by atoms with E-state index in [2.05, 4.69) is 19.2 Å². The Labute approximate surface area is 165 Å². The first kappa shape index (κ1) is 19.8. The standard InChI is InChI=1S/C23H26N2O3/c1-5-6-12-25-22(27)18-11-10-16(13-19(18)23(25)28)21(26)24-20-15(4)8-7-9-17(20)14(2)3/h7-11,13-14H,5-6,12H2,1-4H3,(H,24,26). The van der Waals surface area contributed by atoms with Gasteiger partial charge in [0.15, 0.2) is 0 Å². The molecule has 0 radical (unpaired) electrons. The van der Waals surface area contributed by atoms with Crippen molar-refractivity contribution < 1.29 is 14.4 Å². The molecule has 0 saturated heterocycles. The minimum Gasteiger partial charge on any atom is -0.321 e. The van der Waals surface area contributed by atoms with Crippen LogP contribution in [0.25, 0.3) is 0 Å². The summed E-state index contributed by atoms with van der Waals surface area (Å²) in [7, 11) is 0. The molecule has 2 aromatic rings. The van der Waals surface area contributed by atoms with Crippen LogP contribution in [0.15, 0.2) is 36.4 Å². The summed E-state index contributed by atoms with van der Waals surface area (Å²) in [5.41, 5.74) is 3.90. The maximum atomic E-state index is 12.9. The lowest BCUT2D eigenvalue weighted by atomic mass is 9.97. The number of nitrogens with zero attached hydrogens (tertiary/aromatic N) is 1. The van der Waals surface area contributed by atoms with Crippen LogP contribution in [0.1, 0.15) is 81.7 Å². The van der Waals surface area contributed by atoms with E-state index in [4.69, 9.17) is 0 Å². The predicted molar refractivity (Wildman–Crippen MR) is 110 cm³/mol. The molecule has 5 heteroatoms. The molecule has 1 N–H and O–H groups in total. The number of fused-ring (bicyclic) bond motifs is 1. The molecule has 28 heavy (non-hydrogen) atoms. The number of hydrogen-bond donors (Lipinski definition) is 1. The van der Waals surface area contributed by atoms with Crippen molar-refractivity contribution in [3.63, 3.8) is 0 Å². The summed E-state index contributed by atoms with van der Waals surface area (Å²) in [6.45, 7) is 8.53. The number of nitrogens with one attached hydrogen (secondary N) is 1. The molecule has 0 spiro atoms. The topological polar surface area (TPSA) is 66.5 Å². The second kappa shape index (κ2) is 7.97. The number of amides is 3. The Balaban J connectivity index is 1.88. The molecular formula is C23H26N2O3. The fourth-order valence-corrected chi connectivity index (χ4v) is 3.48. The third kappa shape index (κ3) is 3.57. The third-order valence-corrected chi connectivity index (χ3v) is 5.13. The Morgan fingerprint density at radius 2 is 1.79 bits per heavy atom. The first-order valence-corrected chi connectivity index (χ1v) is 9.76. The average molecular weight is 378 g/mol. The second-order valence-corrected chi connectivity index (χ2v) is 7.52. The number of aryl methyl sites for hydroxylation is 1. The molecule has 146 valence electrons. The van der Waals surface area contributed by atoms with Crippen molar-refractivity contribution in [2.45, 2.75) is 46.5 Å². The van der Waals surface area contributed by atoms with Crippen LogP contribution in [0.4, 0.5) is 5.69 Å². The lowest BCUT2D eigenvalue weighted by molar-refractivity contribution is 0.0652. The number of benzene rings is 2. The van der Waals surface area contributed by atoms with Gasteiger partial charge in [-0.1, -0.05) is 45.4 Å². The highest BCUT2D eigenvalue weighted by atomic mass is 16.2. The van der Waals surface area contributed by atoms with Crippen molar-refractivity contribution >= 4 is 23.4 Å². The van der Waals surface area contributed by atoms with Crippen LogP contribution in [0.5, 0.6) is 0 Å². The summed E-state index contributed by atoms with van der Waals surface area (Å²) >= 11 is 0. The highest BCUT2D eigenvalue weighted by Gasteiger charge is 2.35. The van der Waals surface area contributed by atoms with Gasteiger partial charge in [0.1, 0.15) is 0 Å². The van der Waals surface area contributed by atoms with Gasteiger partial charge in [0.05, 0.1) is 11.1 Å². The van der Waals surface area contributed by atoms with Crippen LogP contribution >= 0.6 is 0 Å². The number of carbonyl (C=O) groups excluding carboxylic acids is 3. The molecule has 0 bridgehead atoms. The van der Waals surface area contributed by atoms with Crippen molar-refractivity contribution in [3.05, 3.63) is 64.2 Å². The molecule has 3 rings (SSSR count). The zero-order valence-corrected chi connectivity index (χ0v) is 16.8. The van der Waals surface area contributed by atoms with Crippen LogP contribution < -0.4 is 5.32 Å². The maximum Gasteiger partial charge on any atom is 0.261 e. The molecule has 0 saturated carbocycles. The monoisotopic (exact) mass is 378 g/mol. The van der Waals surface area contributed by atoms with E-state index in [1.165, 1.54) is 11.0 Å². The highest BCUT2D eigenvalue weighted by molar-refractivity contribution is 6.22. The lowest BCUT2D eigenvalue weighted by Crippen LogP contribution is -2.30. The Morgan fingerprint density at radius 1 is 1.07 bits per heavy atom. The highest BCUT2D eigenvalue weighted by Crippen LogP contribution is 2.29. The van der Waals surface area contributed by atoms with Gasteiger partial charge in [-0.05, 0) is 48.6 Å². The maximum absolute atomic E-state index is 12.9. The second-order valence-electron chi connectivity index (χ2n) is 7.52. The van der Waals surface area contributed by atoms with Gasteiger partial charge in [-0.3, -0.25) is 19.3 Å². The van der Waals surface area contributed by atoms with Gasteiger partial charge in [0, 0.05) is 17.8 Å². The lowest BCUT2D eigenvalue weighted by Gasteiger charge is -2.16. The van der Waals surface area contributed by atoms with Gasteiger partial charge in [0.25, 0.3) is 17.7 Å². The number of imide groups is 1.